The second-order valence-electron chi connectivity index (χ2n) is 7.06. The van der Waals surface area contributed by atoms with Crippen LogP contribution in [0.1, 0.15) is 64.2 Å². The van der Waals surface area contributed by atoms with Crippen LogP contribution >= 0.6 is 11.3 Å². The van der Waals surface area contributed by atoms with Crippen molar-refractivity contribution in [2.24, 2.45) is 5.92 Å². The minimum atomic E-state index is -2.78. The van der Waals surface area contributed by atoms with Crippen LogP contribution < -0.4 is 5.32 Å². The second kappa shape index (κ2) is 7.48. The molecule has 1 aliphatic rings. The normalized spacial score (nSPS) is 16.1. The van der Waals surface area contributed by atoms with Gasteiger partial charge in [0.25, 0.3) is 18.1 Å². The maximum atomic E-state index is 13.3. The number of halogens is 2. The molecule has 29 heavy (non-hydrogen) atoms. The number of alkyl halides is 2. The molecule has 3 aromatic heterocycles. The first-order valence-corrected chi connectivity index (χ1v) is 10.1. The molecular weight excluding hydrogens is 398 g/mol. The Kier molecular flexibility index (Phi) is 5.00. The van der Waals surface area contributed by atoms with E-state index in [2.05, 4.69) is 33.4 Å². The van der Waals surface area contributed by atoms with Gasteiger partial charge in [-0.2, -0.15) is 14.8 Å². The fourth-order valence-corrected chi connectivity index (χ4v) is 4.94. The Hall–Kier alpha value is -2.93. The molecule has 0 aromatic carbocycles. The number of carbonyl (C=O) groups is 1. The van der Waals surface area contributed by atoms with Crippen molar-refractivity contribution >= 4 is 28.0 Å². The monoisotopic (exact) mass is 416 g/mol. The number of anilines is 1. The van der Waals surface area contributed by atoms with Crippen molar-refractivity contribution in [1.82, 2.24) is 19.6 Å². The van der Waals surface area contributed by atoms with E-state index >= 15 is 0 Å². The van der Waals surface area contributed by atoms with Gasteiger partial charge in [-0.25, -0.2) is 13.8 Å². The lowest BCUT2D eigenvalue weighted by atomic mass is 9.86. The number of fused-ring (bicyclic) bond motifs is 2. The van der Waals surface area contributed by atoms with Crippen molar-refractivity contribution in [1.29, 1.82) is 5.26 Å². The molecule has 0 saturated carbocycles. The molecule has 1 atom stereocenters. The van der Waals surface area contributed by atoms with Crippen LogP contribution in [-0.2, 0) is 12.8 Å². The summed E-state index contributed by atoms with van der Waals surface area (Å²) in [5.41, 5.74) is 1.45. The van der Waals surface area contributed by atoms with E-state index in [4.69, 9.17) is 0 Å². The van der Waals surface area contributed by atoms with Gasteiger partial charge in [0.2, 0.25) is 5.82 Å². The van der Waals surface area contributed by atoms with Gasteiger partial charge in [0.15, 0.2) is 0 Å². The van der Waals surface area contributed by atoms with E-state index in [-0.39, 0.29) is 17.3 Å². The second-order valence-corrected chi connectivity index (χ2v) is 8.17. The average molecular weight is 416 g/mol. The highest BCUT2D eigenvalue weighted by Crippen LogP contribution is 2.40. The summed E-state index contributed by atoms with van der Waals surface area (Å²) < 4.78 is 27.4. The van der Waals surface area contributed by atoms with Crippen LogP contribution in [-0.4, -0.2) is 25.5 Å². The predicted molar refractivity (Wildman–Crippen MR) is 103 cm³/mol. The predicted octanol–water partition coefficient (Wildman–Crippen LogP) is 4.07. The quantitative estimate of drug-likeness (QED) is 0.692. The molecular formula is C19H18F2N6OS. The number of hydrogen-bond donors (Lipinski definition) is 1. The van der Waals surface area contributed by atoms with E-state index in [1.54, 1.807) is 6.92 Å². The molecule has 0 bridgehead atoms. The number of amides is 1. The lowest BCUT2D eigenvalue weighted by molar-refractivity contribution is 0.101. The fourth-order valence-electron chi connectivity index (χ4n) is 3.63. The molecule has 150 valence electrons. The largest absolute Gasteiger partial charge is 0.310 e. The van der Waals surface area contributed by atoms with Crippen molar-refractivity contribution < 1.29 is 13.6 Å². The third kappa shape index (κ3) is 3.46. The van der Waals surface area contributed by atoms with Crippen LogP contribution in [0.5, 0.6) is 0 Å². The number of aryl methyl sites for hydroxylation is 1. The smallest absolute Gasteiger partial charge is 0.296 e. The number of nitrogens with zero attached hydrogens (tertiary/aromatic N) is 5. The van der Waals surface area contributed by atoms with Crippen LogP contribution in [0.4, 0.5) is 13.8 Å². The first-order chi connectivity index (χ1) is 13.9. The third-order valence-electron chi connectivity index (χ3n) is 5.18. The number of thiophene rings is 1. The van der Waals surface area contributed by atoms with E-state index in [1.807, 2.05) is 0 Å². The Balaban J connectivity index is 1.66. The summed E-state index contributed by atoms with van der Waals surface area (Å²) in [6.07, 6.45) is 1.03. The van der Waals surface area contributed by atoms with Gasteiger partial charge in [-0.05, 0) is 43.7 Å². The standard InChI is InChI=1S/C19H18F2N6OS/c1-3-10-4-5-11-12(8-22)18(29-14(11)7-10)25-17(28)16-24-19-23-9(2)6-13(15(20)21)27(19)26-16/h6,10,15H,3-5,7H2,1-2H3,(H,25,28)/t10-/m1/s1. The van der Waals surface area contributed by atoms with E-state index in [0.717, 1.165) is 40.6 Å². The van der Waals surface area contributed by atoms with Crippen molar-refractivity contribution in [3.8, 4) is 6.07 Å². The molecule has 0 fully saturated rings. The maximum Gasteiger partial charge on any atom is 0.296 e. The SMILES string of the molecule is CC[C@@H]1CCc2c(sc(NC(=O)c3nc4nc(C)cc(C(F)F)n4n3)c2C#N)C1. The number of aromatic nitrogens is 4. The van der Waals surface area contributed by atoms with E-state index < -0.39 is 12.3 Å². The Bertz CT molecular complexity index is 1150. The van der Waals surface area contributed by atoms with Crippen LogP contribution in [0.15, 0.2) is 6.07 Å². The van der Waals surface area contributed by atoms with Crippen LogP contribution in [0.3, 0.4) is 0 Å². The van der Waals surface area contributed by atoms with E-state index in [0.29, 0.717) is 22.2 Å². The van der Waals surface area contributed by atoms with Gasteiger partial charge in [0, 0.05) is 10.6 Å². The molecule has 0 unspecified atom stereocenters. The van der Waals surface area contributed by atoms with Crippen LogP contribution in [0.2, 0.25) is 0 Å². The highest BCUT2D eigenvalue weighted by atomic mass is 32.1. The highest BCUT2D eigenvalue weighted by molar-refractivity contribution is 7.16. The van der Waals surface area contributed by atoms with Gasteiger partial charge in [-0.3, -0.25) is 4.79 Å². The van der Waals surface area contributed by atoms with Crippen LogP contribution in [0, 0.1) is 24.2 Å². The third-order valence-corrected chi connectivity index (χ3v) is 6.35. The molecule has 0 spiro atoms. The molecule has 4 rings (SSSR count). The summed E-state index contributed by atoms with van der Waals surface area (Å²) in [5, 5.41) is 16.6. The topological polar surface area (TPSA) is 96.0 Å². The van der Waals surface area contributed by atoms with Crippen LogP contribution in [0.25, 0.3) is 5.78 Å². The molecule has 3 aromatic rings. The van der Waals surface area contributed by atoms with E-state index in [9.17, 15) is 18.8 Å². The molecule has 3 heterocycles. The van der Waals surface area contributed by atoms with Crippen molar-refractivity contribution in [2.75, 3.05) is 5.32 Å². The summed E-state index contributed by atoms with van der Waals surface area (Å²) in [4.78, 5) is 21.9. The average Bonchev–Trinajstić information content (AvgIpc) is 3.26. The van der Waals surface area contributed by atoms with Gasteiger partial charge in [-0.1, -0.05) is 13.3 Å². The van der Waals surface area contributed by atoms with Gasteiger partial charge < -0.3 is 5.32 Å². The zero-order valence-corrected chi connectivity index (χ0v) is 16.7. The molecule has 0 aliphatic heterocycles. The van der Waals surface area contributed by atoms with Gasteiger partial charge in [0.1, 0.15) is 16.8 Å². The summed E-state index contributed by atoms with van der Waals surface area (Å²) in [5.74, 6) is -0.414. The maximum absolute atomic E-state index is 13.3. The van der Waals surface area contributed by atoms with Gasteiger partial charge in [0.05, 0.1) is 5.56 Å². The molecule has 0 saturated heterocycles. The number of hydrogen-bond acceptors (Lipinski definition) is 6. The van der Waals surface area contributed by atoms with Crippen molar-refractivity contribution in [3.63, 3.8) is 0 Å². The minimum Gasteiger partial charge on any atom is -0.310 e. The first kappa shape index (κ1) is 19.4. The molecule has 1 N–H and O–H groups in total. The number of rotatable bonds is 4. The van der Waals surface area contributed by atoms with Gasteiger partial charge in [-0.15, -0.1) is 16.4 Å². The first-order valence-electron chi connectivity index (χ1n) is 9.29. The molecule has 0 radical (unpaired) electrons. The lowest BCUT2D eigenvalue weighted by Crippen LogP contribution is -2.14. The van der Waals surface area contributed by atoms with Crippen molar-refractivity contribution in [2.45, 2.75) is 46.0 Å². The number of nitrogens with one attached hydrogen (secondary N) is 1. The molecule has 7 nitrogen and oxygen atoms in total. The molecule has 10 heteroatoms. The Morgan fingerprint density at radius 1 is 1.48 bits per heavy atom. The summed E-state index contributed by atoms with van der Waals surface area (Å²) in [6.45, 7) is 3.72. The van der Waals surface area contributed by atoms with Gasteiger partial charge >= 0.3 is 0 Å². The number of carbonyl (C=O) groups excluding carboxylic acids is 1. The van der Waals surface area contributed by atoms with E-state index in [1.165, 1.54) is 17.4 Å². The zero-order valence-electron chi connectivity index (χ0n) is 15.9. The Morgan fingerprint density at radius 2 is 2.28 bits per heavy atom. The minimum absolute atomic E-state index is 0.0674. The Labute approximate surface area is 169 Å². The molecule has 1 aliphatic carbocycles. The lowest BCUT2D eigenvalue weighted by Gasteiger charge is -2.20. The number of nitriles is 1. The summed E-state index contributed by atoms with van der Waals surface area (Å²) in [7, 11) is 0. The fraction of sp³-hybridized carbons (Fsp3) is 0.421. The zero-order chi connectivity index (χ0) is 20.7. The van der Waals surface area contributed by atoms with Crippen molar-refractivity contribution in [3.05, 3.63) is 39.3 Å². The molecule has 1 amide bonds. The highest BCUT2D eigenvalue weighted by Gasteiger charge is 2.27. The summed E-state index contributed by atoms with van der Waals surface area (Å²) in [6, 6.07) is 3.40. The Morgan fingerprint density at radius 3 is 2.97 bits per heavy atom. The summed E-state index contributed by atoms with van der Waals surface area (Å²) >= 11 is 1.39.